The highest BCUT2D eigenvalue weighted by Crippen LogP contribution is 2.48. The van der Waals surface area contributed by atoms with E-state index in [1.165, 1.54) is 22.7 Å². The second-order valence-corrected chi connectivity index (χ2v) is 9.46. The zero-order valence-corrected chi connectivity index (χ0v) is 15.5. The third-order valence-electron chi connectivity index (χ3n) is 5.70. The van der Waals surface area contributed by atoms with Gasteiger partial charge >= 0.3 is 0 Å². The molecule has 1 spiro atoms. The summed E-state index contributed by atoms with van der Waals surface area (Å²) in [4.78, 5) is 13.0. The number of hydrogen-bond donors (Lipinski definition) is 1. The van der Waals surface area contributed by atoms with Gasteiger partial charge in [0, 0.05) is 18.8 Å². The second kappa shape index (κ2) is 6.68. The number of halogens is 1. The first-order chi connectivity index (χ1) is 11.7. The monoisotopic (exact) mass is 368 g/mol. The van der Waals surface area contributed by atoms with Crippen LogP contribution in [0.2, 0.25) is 0 Å². The lowest BCUT2D eigenvalue weighted by atomic mass is 9.67. The molecule has 1 aromatic rings. The normalized spacial score (nSPS) is 23.7. The Labute approximate surface area is 148 Å². The van der Waals surface area contributed by atoms with Crippen molar-refractivity contribution < 1.29 is 17.6 Å². The van der Waals surface area contributed by atoms with Crippen molar-refractivity contribution in [3.05, 3.63) is 29.6 Å². The molecule has 1 aliphatic heterocycles. The number of anilines is 1. The fourth-order valence-corrected chi connectivity index (χ4v) is 5.20. The minimum Gasteiger partial charge on any atom is -0.326 e. The van der Waals surface area contributed by atoms with Crippen molar-refractivity contribution in [2.45, 2.75) is 39.0 Å². The molecule has 7 heteroatoms. The fraction of sp³-hybridized carbons (Fsp3) is 0.611. The molecule has 1 aliphatic carbocycles. The number of benzene rings is 1. The predicted octanol–water partition coefficient (Wildman–Crippen LogP) is 2.91. The van der Waals surface area contributed by atoms with Crippen molar-refractivity contribution in [1.82, 2.24) is 4.31 Å². The number of nitrogens with zero attached hydrogens (tertiary/aromatic N) is 1. The van der Waals surface area contributed by atoms with Crippen molar-refractivity contribution in [2.24, 2.45) is 11.3 Å². The van der Waals surface area contributed by atoms with Gasteiger partial charge in [0.15, 0.2) is 0 Å². The standard InChI is InChI=1S/C18H25FN2O3S/c1-13-10-14(19)6-7-16(13)20-17(22)15-11-21(25(2,23)24)12-18(15)8-4-3-5-9-18/h6-7,10,15H,3-5,8-9,11-12H2,1-2H3,(H,20,22)/t15-/m0/s1. The van der Waals surface area contributed by atoms with Gasteiger partial charge in [-0.25, -0.2) is 17.1 Å². The first-order valence-electron chi connectivity index (χ1n) is 8.73. The van der Waals surface area contributed by atoms with Gasteiger partial charge in [-0.15, -0.1) is 0 Å². The quantitative estimate of drug-likeness (QED) is 0.892. The average Bonchev–Trinajstić information content (AvgIpc) is 2.90. The van der Waals surface area contributed by atoms with Gasteiger partial charge in [-0.3, -0.25) is 4.79 Å². The van der Waals surface area contributed by atoms with Crippen molar-refractivity contribution >= 4 is 21.6 Å². The maximum Gasteiger partial charge on any atom is 0.229 e. The van der Waals surface area contributed by atoms with Gasteiger partial charge in [0.2, 0.25) is 15.9 Å². The summed E-state index contributed by atoms with van der Waals surface area (Å²) in [5.74, 6) is -0.877. The highest BCUT2D eigenvalue weighted by molar-refractivity contribution is 7.88. The van der Waals surface area contributed by atoms with Crippen LogP contribution in [0.5, 0.6) is 0 Å². The van der Waals surface area contributed by atoms with Crippen LogP contribution in [0.3, 0.4) is 0 Å². The first kappa shape index (κ1) is 18.3. The van der Waals surface area contributed by atoms with Gasteiger partial charge in [-0.2, -0.15) is 0 Å². The van der Waals surface area contributed by atoms with Gasteiger partial charge in [0.25, 0.3) is 0 Å². The third-order valence-corrected chi connectivity index (χ3v) is 6.91. The Hall–Kier alpha value is -1.47. The third kappa shape index (κ3) is 3.72. The summed E-state index contributed by atoms with van der Waals surface area (Å²) < 4.78 is 38.8. The van der Waals surface area contributed by atoms with Crippen LogP contribution in [0.25, 0.3) is 0 Å². The molecule has 0 bridgehead atoms. The lowest BCUT2D eigenvalue weighted by Gasteiger charge is -2.37. The molecule has 1 N–H and O–H groups in total. The molecule has 1 atom stereocenters. The first-order valence-corrected chi connectivity index (χ1v) is 10.6. The average molecular weight is 368 g/mol. The molecule has 1 amide bonds. The number of sulfonamides is 1. The summed E-state index contributed by atoms with van der Waals surface area (Å²) in [6, 6.07) is 4.25. The minimum absolute atomic E-state index is 0.164. The summed E-state index contributed by atoms with van der Waals surface area (Å²) in [5.41, 5.74) is 0.957. The smallest absolute Gasteiger partial charge is 0.229 e. The van der Waals surface area contributed by atoms with E-state index in [0.29, 0.717) is 17.8 Å². The van der Waals surface area contributed by atoms with Crippen LogP contribution in [0, 0.1) is 24.1 Å². The molecule has 5 nitrogen and oxygen atoms in total. The van der Waals surface area contributed by atoms with E-state index < -0.39 is 10.0 Å². The molecule has 1 aromatic carbocycles. The molecule has 2 aliphatic rings. The summed E-state index contributed by atoms with van der Waals surface area (Å²) in [7, 11) is -3.33. The van der Waals surface area contributed by atoms with Crippen LogP contribution in [0.1, 0.15) is 37.7 Å². The van der Waals surface area contributed by atoms with Crippen LogP contribution in [0.4, 0.5) is 10.1 Å². The van der Waals surface area contributed by atoms with Gasteiger partial charge in [0.05, 0.1) is 12.2 Å². The molecule has 0 aromatic heterocycles. The molecule has 2 fully saturated rings. The van der Waals surface area contributed by atoms with Crippen molar-refractivity contribution in [3.8, 4) is 0 Å². The van der Waals surface area contributed by atoms with E-state index in [1.54, 1.807) is 13.0 Å². The predicted molar refractivity (Wildman–Crippen MR) is 95.2 cm³/mol. The molecule has 138 valence electrons. The second-order valence-electron chi connectivity index (χ2n) is 7.48. The number of rotatable bonds is 3. The van der Waals surface area contributed by atoms with Crippen LogP contribution < -0.4 is 5.32 Å². The van der Waals surface area contributed by atoms with E-state index in [-0.39, 0.29) is 29.6 Å². The molecule has 1 saturated heterocycles. The van der Waals surface area contributed by atoms with Gasteiger partial charge < -0.3 is 5.32 Å². The molecule has 1 saturated carbocycles. The van der Waals surface area contributed by atoms with Crippen molar-refractivity contribution in [2.75, 3.05) is 24.7 Å². The Balaban J connectivity index is 1.85. The number of carbonyl (C=O) groups excluding carboxylic acids is 1. The van der Waals surface area contributed by atoms with Crippen LogP contribution in [0.15, 0.2) is 18.2 Å². The lowest BCUT2D eigenvalue weighted by Crippen LogP contribution is -2.39. The number of carbonyl (C=O) groups is 1. The van der Waals surface area contributed by atoms with Gasteiger partial charge in [-0.05, 0) is 48.9 Å². The van der Waals surface area contributed by atoms with Gasteiger partial charge in [0.1, 0.15) is 5.82 Å². The zero-order chi connectivity index (χ0) is 18.2. The van der Waals surface area contributed by atoms with E-state index in [1.807, 2.05) is 0 Å². The topological polar surface area (TPSA) is 66.5 Å². The fourth-order valence-electron chi connectivity index (χ4n) is 4.29. The van der Waals surface area contributed by atoms with Crippen LogP contribution in [-0.2, 0) is 14.8 Å². The SMILES string of the molecule is Cc1cc(F)ccc1NC(=O)[C@@H]1CN(S(C)(=O)=O)CC12CCCCC2. The van der Waals surface area contributed by atoms with E-state index in [2.05, 4.69) is 5.32 Å². The largest absolute Gasteiger partial charge is 0.326 e. The Morgan fingerprint density at radius 2 is 1.96 bits per heavy atom. The molecule has 0 unspecified atom stereocenters. The number of aryl methyl sites for hydroxylation is 1. The summed E-state index contributed by atoms with van der Waals surface area (Å²) in [6.45, 7) is 2.39. The molecular formula is C18H25FN2O3S. The minimum atomic E-state index is -3.33. The number of amides is 1. The molecule has 25 heavy (non-hydrogen) atoms. The van der Waals surface area contributed by atoms with Crippen LogP contribution >= 0.6 is 0 Å². The maximum atomic E-state index is 13.3. The highest BCUT2D eigenvalue weighted by atomic mass is 32.2. The summed E-state index contributed by atoms with van der Waals surface area (Å²) in [5, 5.41) is 2.90. The Kier molecular flexibility index (Phi) is 4.90. The Morgan fingerprint density at radius 1 is 1.28 bits per heavy atom. The maximum absolute atomic E-state index is 13.3. The van der Waals surface area contributed by atoms with Crippen molar-refractivity contribution in [1.29, 1.82) is 0 Å². The zero-order valence-electron chi connectivity index (χ0n) is 14.7. The molecule has 0 radical (unpaired) electrons. The van der Waals surface area contributed by atoms with E-state index >= 15 is 0 Å². The van der Waals surface area contributed by atoms with E-state index in [0.717, 1.165) is 32.1 Å². The van der Waals surface area contributed by atoms with Gasteiger partial charge in [-0.1, -0.05) is 19.3 Å². The number of hydrogen-bond acceptors (Lipinski definition) is 3. The number of nitrogens with one attached hydrogen (secondary N) is 1. The van der Waals surface area contributed by atoms with E-state index in [4.69, 9.17) is 0 Å². The molecule has 1 heterocycles. The van der Waals surface area contributed by atoms with Crippen molar-refractivity contribution in [3.63, 3.8) is 0 Å². The highest BCUT2D eigenvalue weighted by Gasteiger charge is 2.52. The van der Waals surface area contributed by atoms with E-state index in [9.17, 15) is 17.6 Å². The Morgan fingerprint density at radius 3 is 2.56 bits per heavy atom. The molecular weight excluding hydrogens is 343 g/mol. The van der Waals surface area contributed by atoms with Crippen LogP contribution in [-0.4, -0.2) is 38.0 Å². The molecule has 3 rings (SSSR count). The lowest BCUT2D eigenvalue weighted by molar-refractivity contribution is -0.123. The summed E-state index contributed by atoms with van der Waals surface area (Å²) in [6.07, 6.45) is 6.13. The Bertz CT molecular complexity index is 773. The summed E-state index contributed by atoms with van der Waals surface area (Å²) >= 11 is 0.